The summed E-state index contributed by atoms with van der Waals surface area (Å²) in [6.07, 6.45) is 3.77. The molecule has 122 valence electrons. The molecule has 3 heteroatoms. The molecule has 1 heterocycles. The first-order valence-electron chi connectivity index (χ1n) is 8.04. The Morgan fingerprint density at radius 2 is 1.41 bits per heavy atom. The molecule has 2 aliphatic rings. The highest BCUT2D eigenvalue weighted by Gasteiger charge is 2.18. The van der Waals surface area contributed by atoms with Gasteiger partial charge in [-0.3, -0.25) is 4.79 Å². The lowest BCUT2D eigenvalue weighted by molar-refractivity contribution is 0.509. The van der Waals surface area contributed by atoms with Gasteiger partial charge in [-0.15, -0.1) is 0 Å². The smallest absolute Gasteiger partial charge is 0.188 e. The molecular formula is C19H29NO2. The van der Waals surface area contributed by atoms with Crippen LogP contribution in [-0.4, -0.2) is 4.98 Å². The van der Waals surface area contributed by atoms with Crippen LogP contribution in [0.2, 0.25) is 0 Å². The summed E-state index contributed by atoms with van der Waals surface area (Å²) in [6, 6.07) is 0. The standard InChI is InChI=1S/C15H17NO2.2C2H6/c1-6-11-12(7-2)18-15-10(5)14(17)9(4)8(3)13(15)16-11;2*1-2/h6-7H,1-5H3;2*1-2H3/b11-6+,12-7+;;. The third kappa shape index (κ3) is 3.65. The topological polar surface area (TPSA) is 43.1 Å². The predicted molar refractivity (Wildman–Crippen MR) is 95.8 cm³/mol. The Bertz CT molecular complexity index is 755. The van der Waals surface area contributed by atoms with Crippen molar-refractivity contribution in [2.24, 2.45) is 0 Å². The molecule has 22 heavy (non-hydrogen) atoms. The fourth-order valence-electron chi connectivity index (χ4n) is 2.09. The third-order valence-electron chi connectivity index (χ3n) is 3.39. The molecule has 2 rings (SSSR count). The van der Waals surface area contributed by atoms with Crippen LogP contribution in [0.15, 0.2) is 9.21 Å². The summed E-state index contributed by atoms with van der Waals surface area (Å²) < 4.78 is 5.83. The average Bonchev–Trinajstić information content (AvgIpc) is 2.60. The van der Waals surface area contributed by atoms with Gasteiger partial charge < -0.3 is 4.42 Å². The van der Waals surface area contributed by atoms with Crippen LogP contribution in [0.5, 0.6) is 0 Å². The van der Waals surface area contributed by atoms with Gasteiger partial charge in [-0.05, 0) is 46.3 Å². The first kappa shape index (κ1) is 20.1. The lowest BCUT2D eigenvalue weighted by atomic mass is 9.99. The van der Waals surface area contributed by atoms with Crippen molar-refractivity contribution in [1.82, 2.24) is 4.98 Å². The highest BCUT2D eigenvalue weighted by molar-refractivity contribution is 5.64. The molecule has 0 fully saturated rings. The highest BCUT2D eigenvalue weighted by Crippen LogP contribution is 2.23. The molecule has 0 spiro atoms. The van der Waals surface area contributed by atoms with E-state index in [0.29, 0.717) is 16.7 Å². The summed E-state index contributed by atoms with van der Waals surface area (Å²) in [7, 11) is 0. The summed E-state index contributed by atoms with van der Waals surface area (Å²) in [6.45, 7) is 17.4. The van der Waals surface area contributed by atoms with Crippen molar-refractivity contribution in [3.63, 3.8) is 0 Å². The zero-order valence-corrected chi connectivity index (χ0v) is 15.4. The number of benzene rings is 1. The van der Waals surface area contributed by atoms with Crippen molar-refractivity contribution >= 4 is 12.2 Å². The first-order valence-corrected chi connectivity index (χ1v) is 8.04. The largest absolute Gasteiger partial charge is 0.453 e. The van der Waals surface area contributed by atoms with Crippen LogP contribution in [0.1, 0.15) is 58.2 Å². The van der Waals surface area contributed by atoms with Crippen LogP contribution < -0.4 is 16.2 Å². The van der Waals surface area contributed by atoms with Gasteiger partial charge in [-0.2, -0.15) is 0 Å². The average molecular weight is 303 g/mol. The molecule has 0 amide bonds. The van der Waals surface area contributed by atoms with Crippen molar-refractivity contribution in [1.29, 1.82) is 0 Å². The number of fused-ring (bicyclic) bond motifs is 1. The van der Waals surface area contributed by atoms with E-state index >= 15 is 0 Å². The maximum absolute atomic E-state index is 12.1. The molecule has 0 atom stereocenters. The van der Waals surface area contributed by atoms with Crippen LogP contribution in [0.25, 0.3) is 23.6 Å². The first-order chi connectivity index (χ1) is 10.5. The van der Waals surface area contributed by atoms with Crippen molar-refractivity contribution < 1.29 is 4.42 Å². The molecular weight excluding hydrogens is 274 g/mol. The molecule has 0 radical (unpaired) electrons. The second kappa shape index (κ2) is 9.19. The van der Waals surface area contributed by atoms with Gasteiger partial charge in [0.2, 0.25) is 0 Å². The second-order valence-electron chi connectivity index (χ2n) is 4.42. The van der Waals surface area contributed by atoms with Gasteiger partial charge in [-0.1, -0.05) is 33.8 Å². The van der Waals surface area contributed by atoms with E-state index in [-0.39, 0.29) is 5.43 Å². The normalized spacial score (nSPS) is 11.7. The van der Waals surface area contributed by atoms with Crippen LogP contribution >= 0.6 is 0 Å². The Hall–Kier alpha value is -1.90. The van der Waals surface area contributed by atoms with Crippen molar-refractivity contribution in [3.8, 4) is 11.5 Å². The number of hydrogen-bond acceptors (Lipinski definition) is 3. The molecule has 3 nitrogen and oxygen atoms in total. The molecule has 1 aliphatic heterocycles. The minimum atomic E-state index is 0.0424. The summed E-state index contributed by atoms with van der Waals surface area (Å²) in [5.41, 5.74) is 3.80. The van der Waals surface area contributed by atoms with Crippen LogP contribution in [-0.2, 0) is 0 Å². The molecule has 0 bridgehead atoms. The molecule has 0 N–H and O–H groups in total. The van der Waals surface area contributed by atoms with Gasteiger partial charge in [-0.25, -0.2) is 4.98 Å². The van der Waals surface area contributed by atoms with E-state index in [0.717, 1.165) is 22.2 Å². The van der Waals surface area contributed by atoms with Gasteiger partial charge in [0, 0.05) is 11.1 Å². The molecule has 0 aromatic heterocycles. The molecule has 1 aliphatic carbocycles. The Morgan fingerprint density at radius 3 is 1.86 bits per heavy atom. The summed E-state index contributed by atoms with van der Waals surface area (Å²) in [4.78, 5) is 16.7. The van der Waals surface area contributed by atoms with E-state index in [1.54, 1.807) is 6.92 Å². The molecule has 0 saturated heterocycles. The van der Waals surface area contributed by atoms with E-state index in [4.69, 9.17) is 4.42 Å². The lowest BCUT2D eigenvalue weighted by Crippen LogP contribution is -2.30. The molecule has 0 aromatic rings. The monoisotopic (exact) mass is 303 g/mol. The number of hydrogen-bond donors (Lipinski definition) is 0. The van der Waals surface area contributed by atoms with Gasteiger partial charge in [0.05, 0.1) is 0 Å². The summed E-state index contributed by atoms with van der Waals surface area (Å²) in [5, 5.41) is 0.811. The number of nitrogens with zero attached hydrogens (tertiary/aromatic N) is 1. The van der Waals surface area contributed by atoms with Gasteiger partial charge in [0.25, 0.3) is 0 Å². The number of rotatable bonds is 0. The lowest BCUT2D eigenvalue weighted by Gasteiger charge is -2.12. The van der Waals surface area contributed by atoms with Crippen LogP contribution in [0.4, 0.5) is 0 Å². The highest BCUT2D eigenvalue weighted by atomic mass is 16.3. The van der Waals surface area contributed by atoms with E-state index in [1.807, 2.05) is 67.5 Å². The minimum Gasteiger partial charge on any atom is -0.453 e. The zero-order chi connectivity index (χ0) is 17.4. The Kier molecular flexibility index (Phi) is 8.39. The van der Waals surface area contributed by atoms with Gasteiger partial charge >= 0.3 is 0 Å². The maximum Gasteiger partial charge on any atom is 0.188 e. The second-order valence-corrected chi connectivity index (χ2v) is 4.42. The van der Waals surface area contributed by atoms with E-state index in [1.165, 1.54) is 0 Å². The number of aromatic nitrogens is 1. The van der Waals surface area contributed by atoms with Crippen LogP contribution in [0.3, 0.4) is 0 Å². The van der Waals surface area contributed by atoms with Crippen molar-refractivity contribution in [3.05, 3.63) is 37.7 Å². The van der Waals surface area contributed by atoms with E-state index in [9.17, 15) is 4.79 Å². The fourth-order valence-corrected chi connectivity index (χ4v) is 2.09. The maximum atomic E-state index is 12.1. The third-order valence-corrected chi connectivity index (χ3v) is 3.39. The molecule has 0 saturated carbocycles. The van der Waals surface area contributed by atoms with E-state index < -0.39 is 0 Å². The zero-order valence-electron chi connectivity index (χ0n) is 15.4. The SMILES string of the molecule is C/C=c1/nc2c(C)c(C)c(=O)c(C)c-2o/c1=C/C.CC.CC. The Balaban J connectivity index is 0.00000102. The fraction of sp³-hybridized carbons (Fsp3) is 0.474. The molecule has 0 unspecified atom stereocenters. The van der Waals surface area contributed by atoms with Crippen molar-refractivity contribution in [2.45, 2.75) is 62.3 Å². The van der Waals surface area contributed by atoms with Gasteiger partial charge in [0.15, 0.2) is 11.2 Å². The summed E-state index contributed by atoms with van der Waals surface area (Å²) in [5.74, 6) is 0.599. The summed E-state index contributed by atoms with van der Waals surface area (Å²) >= 11 is 0. The predicted octanol–water partition coefficient (Wildman–Crippen LogP) is 3.72. The van der Waals surface area contributed by atoms with Crippen molar-refractivity contribution in [2.75, 3.05) is 0 Å². The van der Waals surface area contributed by atoms with Crippen LogP contribution in [0, 0.1) is 20.8 Å². The van der Waals surface area contributed by atoms with E-state index in [2.05, 4.69) is 4.98 Å². The quantitative estimate of drug-likeness (QED) is 0.745. The van der Waals surface area contributed by atoms with Gasteiger partial charge in [0.1, 0.15) is 16.5 Å². The Labute approximate surface area is 133 Å². The Morgan fingerprint density at radius 1 is 0.864 bits per heavy atom. The molecule has 0 aromatic carbocycles. The minimum absolute atomic E-state index is 0.0424.